The number of aliphatic hydroxyl groups excluding tert-OH is 1. The number of phosphoric acid groups is 1. The van der Waals surface area contributed by atoms with Crippen molar-refractivity contribution in [2.45, 2.75) is 97.7 Å². The second kappa shape index (κ2) is 10.2. The molecule has 2 fully saturated rings. The van der Waals surface area contributed by atoms with E-state index in [0.717, 1.165) is 32.1 Å². The van der Waals surface area contributed by atoms with Gasteiger partial charge in [0.15, 0.2) is 6.79 Å². The van der Waals surface area contributed by atoms with Gasteiger partial charge in [0, 0.05) is 0 Å². The van der Waals surface area contributed by atoms with Crippen molar-refractivity contribution >= 4 is 7.82 Å². The van der Waals surface area contributed by atoms with Crippen LogP contribution in [0.4, 0.5) is 0 Å². The lowest BCUT2D eigenvalue weighted by molar-refractivity contribution is -0.0399. The van der Waals surface area contributed by atoms with Crippen molar-refractivity contribution in [1.29, 1.82) is 0 Å². The van der Waals surface area contributed by atoms with Gasteiger partial charge >= 0.3 is 7.82 Å². The van der Waals surface area contributed by atoms with Gasteiger partial charge in [0.05, 0.1) is 12.2 Å². The normalized spacial score (nSPS) is 34.4. The summed E-state index contributed by atoms with van der Waals surface area (Å²) >= 11 is 0. The second-order valence-corrected chi connectivity index (χ2v) is 13.1. The van der Waals surface area contributed by atoms with E-state index in [1.807, 2.05) is 19.9 Å². The van der Waals surface area contributed by atoms with Crippen LogP contribution in [-0.4, -0.2) is 29.0 Å². The molecule has 4 rings (SSSR count). The summed E-state index contributed by atoms with van der Waals surface area (Å²) in [5.41, 5.74) is 2.63. The SMILES string of the molecule is CC(C)CCC1Cc2cc(OP(=O)(O)OCOC(C)C)ccc2C2CCC3(C)C(O)CCC3C12. The molecule has 192 valence electrons. The van der Waals surface area contributed by atoms with Gasteiger partial charge in [0.1, 0.15) is 5.75 Å². The summed E-state index contributed by atoms with van der Waals surface area (Å²) in [5.74, 6) is 3.22. The molecule has 0 saturated heterocycles. The quantitative estimate of drug-likeness (QED) is 0.303. The Bertz CT molecular complexity index is 901. The highest BCUT2D eigenvalue weighted by atomic mass is 31.2. The predicted octanol–water partition coefficient (Wildman–Crippen LogP) is 6.44. The number of ether oxygens (including phenoxy) is 1. The van der Waals surface area contributed by atoms with Gasteiger partial charge in [-0.2, -0.15) is 0 Å². The lowest BCUT2D eigenvalue weighted by Gasteiger charge is -2.53. The highest BCUT2D eigenvalue weighted by Gasteiger charge is 2.56. The summed E-state index contributed by atoms with van der Waals surface area (Å²) in [6, 6.07) is 5.84. The van der Waals surface area contributed by atoms with Crippen LogP contribution < -0.4 is 4.52 Å². The van der Waals surface area contributed by atoms with E-state index in [1.54, 1.807) is 6.07 Å². The van der Waals surface area contributed by atoms with E-state index in [9.17, 15) is 14.6 Å². The molecular formula is C27H43O6P. The van der Waals surface area contributed by atoms with Crippen molar-refractivity contribution < 1.29 is 28.3 Å². The summed E-state index contributed by atoms with van der Waals surface area (Å²) in [4.78, 5) is 10.1. The van der Waals surface area contributed by atoms with E-state index in [1.165, 1.54) is 24.0 Å². The fourth-order valence-electron chi connectivity index (χ4n) is 7.02. The molecule has 0 aromatic heterocycles. The van der Waals surface area contributed by atoms with Crippen LogP contribution in [0.2, 0.25) is 0 Å². The highest BCUT2D eigenvalue weighted by molar-refractivity contribution is 7.47. The topological polar surface area (TPSA) is 85.2 Å². The van der Waals surface area contributed by atoms with Crippen LogP contribution in [0.3, 0.4) is 0 Å². The van der Waals surface area contributed by atoms with E-state index in [2.05, 4.69) is 26.8 Å². The number of hydrogen-bond donors (Lipinski definition) is 2. The number of hydrogen-bond acceptors (Lipinski definition) is 5. The van der Waals surface area contributed by atoms with E-state index in [-0.39, 0.29) is 24.4 Å². The largest absolute Gasteiger partial charge is 0.529 e. The Kier molecular flexibility index (Phi) is 7.86. The van der Waals surface area contributed by atoms with E-state index in [0.29, 0.717) is 35.3 Å². The van der Waals surface area contributed by atoms with Crippen molar-refractivity contribution in [3.63, 3.8) is 0 Å². The molecule has 7 heteroatoms. The third kappa shape index (κ3) is 5.42. The molecule has 0 heterocycles. The first-order valence-corrected chi connectivity index (χ1v) is 14.6. The third-order valence-corrected chi connectivity index (χ3v) is 9.65. The Hall–Kier alpha value is -0.910. The first-order chi connectivity index (χ1) is 16.0. The van der Waals surface area contributed by atoms with Crippen LogP contribution in [0.1, 0.15) is 90.2 Å². The van der Waals surface area contributed by atoms with Gasteiger partial charge in [-0.15, -0.1) is 0 Å². The van der Waals surface area contributed by atoms with Crippen LogP contribution in [0.25, 0.3) is 0 Å². The van der Waals surface area contributed by atoms with Crippen LogP contribution in [-0.2, 0) is 20.2 Å². The zero-order valence-electron chi connectivity index (χ0n) is 21.4. The number of phosphoric ester groups is 1. The molecule has 2 N–H and O–H groups in total. The standard InChI is InChI=1S/C27H43O6P/c1-17(2)6-7-19-14-20-15-21(33-34(29,30)32-16-31-18(3)4)8-9-22(20)23-12-13-27(5)24(26(19)23)10-11-25(27)28/h8-9,15,17-19,23-26,28H,6-7,10-14,16H2,1-5H3,(H,29,30). The molecule has 0 aliphatic heterocycles. The molecule has 2 saturated carbocycles. The Morgan fingerprint density at radius 2 is 1.94 bits per heavy atom. The minimum Gasteiger partial charge on any atom is -0.404 e. The van der Waals surface area contributed by atoms with Gasteiger partial charge in [-0.1, -0.05) is 33.3 Å². The second-order valence-electron chi connectivity index (χ2n) is 11.7. The fourth-order valence-corrected chi connectivity index (χ4v) is 7.64. The fraction of sp³-hybridized carbons (Fsp3) is 0.778. The summed E-state index contributed by atoms with van der Waals surface area (Å²) < 4.78 is 28.0. The average molecular weight is 495 g/mol. The molecule has 0 radical (unpaired) electrons. The first-order valence-electron chi connectivity index (χ1n) is 13.1. The number of fused-ring (bicyclic) bond motifs is 5. The summed E-state index contributed by atoms with van der Waals surface area (Å²) in [6.07, 6.45) is 7.25. The monoisotopic (exact) mass is 494 g/mol. The molecule has 1 aromatic rings. The van der Waals surface area contributed by atoms with Gasteiger partial charge in [-0.3, -0.25) is 4.89 Å². The van der Waals surface area contributed by atoms with E-state index in [4.69, 9.17) is 13.8 Å². The van der Waals surface area contributed by atoms with Gasteiger partial charge in [-0.25, -0.2) is 9.09 Å². The predicted molar refractivity (Wildman–Crippen MR) is 133 cm³/mol. The first kappa shape index (κ1) is 26.2. The molecule has 1 aromatic carbocycles. The van der Waals surface area contributed by atoms with Crippen molar-refractivity contribution in [2.24, 2.45) is 29.1 Å². The van der Waals surface area contributed by atoms with Crippen LogP contribution in [0, 0.1) is 29.1 Å². The minimum atomic E-state index is -4.26. The van der Waals surface area contributed by atoms with Crippen molar-refractivity contribution in [3.05, 3.63) is 29.3 Å². The maximum absolute atomic E-state index is 12.4. The zero-order valence-corrected chi connectivity index (χ0v) is 22.3. The molecule has 3 aliphatic rings. The minimum absolute atomic E-state index is 0.0384. The van der Waals surface area contributed by atoms with Gasteiger partial charge in [0.25, 0.3) is 0 Å². The van der Waals surface area contributed by atoms with E-state index >= 15 is 0 Å². The summed E-state index contributed by atoms with van der Waals surface area (Å²) in [5, 5.41) is 10.8. The Labute approximate surface area is 205 Å². The molecule has 3 aliphatic carbocycles. The molecule has 7 atom stereocenters. The molecule has 0 spiro atoms. The molecule has 0 amide bonds. The van der Waals surface area contributed by atoms with Crippen molar-refractivity contribution in [1.82, 2.24) is 0 Å². The lowest BCUT2D eigenvalue weighted by atomic mass is 9.52. The van der Waals surface area contributed by atoms with Gasteiger partial charge in [-0.05, 0) is 111 Å². The van der Waals surface area contributed by atoms with Crippen molar-refractivity contribution in [3.8, 4) is 5.75 Å². The smallest absolute Gasteiger partial charge is 0.404 e. The summed E-state index contributed by atoms with van der Waals surface area (Å²) in [6.45, 7) is 10.3. The van der Waals surface area contributed by atoms with Crippen LogP contribution in [0.15, 0.2) is 18.2 Å². The maximum Gasteiger partial charge on any atom is 0.529 e. The van der Waals surface area contributed by atoms with Gasteiger partial charge in [0.2, 0.25) is 0 Å². The molecule has 0 bridgehead atoms. The molecule has 7 unspecified atom stereocenters. The third-order valence-electron chi connectivity index (χ3n) is 8.78. The Morgan fingerprint density at radius 3 is 2.65 bits per heavy atom. The number of aliphatic hydroxyl groups is 1. The molecule has 34 heavy (non-hydrogen) atoms. The molecular weight excluding hydrogens is 451 g/mol. The maximum atomic E-state index is 12.4. The highest BCUT2D eigenvalue weighted by Crippen LogP contribution is 2.63. The van der Waals surface area contributed by atoms with Crippen LogP contribution >= 0.6 is 7.82 Å². The average Bonchev–Trinajstić information content (AvgIpc) is 3.05. The zero-order chi connectivity index (χ0) is 24.7. The Balaban J connectivity index is 1.57. The van der Waals surface area contributed by atoms with Crippen LogP contribution in [0.5, 0.6) is 5.75 Å². The lowest BCUT2D eigenvalue weighted by Crippen LogP contribution is -2.47. The molecule has 6 nitrogen and oxygen atoms in total. The van der Waals surface area contributed by atoms with E-state index < -0.39 is 7.82 Å². The van der Waals surface area contributed by atoms with Crippen molar-refractivity contribution in [2.75, 3.05) is 6.79 Å². The Morgan fingerprint density at radius 1 is 1.18 bits per heavy atom. The summed E-state index contributed by atoms with van der Waals surface area (Å²) in [7, 11) is -4.26. The van der Waals surface area contributed by atoms with Gasteiger partial charge < -0.3 is 14.4 Å². The number of rotatable bonds is 9. The number of benzene rings is 1.